The molecule has 0 spiro atoms. The van der Waals surface area contributed by atoms with Crippen LogP contribution < -0.4 is 16.6 Å². The van der Waals surface area contributed by atoms with Crippen molar-refractivity contribution < 1.29 is 0 Å². The molecular weight excluding hydrogens is 222 g/mol. The van der Waals surface area contributed by atoms with Crippen molar-refractivity contribution in [2.45, 2.75) is 24.0 Å². The fraction of sp³-hybridized carbons (Fsp3) is 0.600. The molecule has 1 aromatic rings. The minimum absolute atomic E-state index is 0.404. The standard InChI is InChI=1S/C10H17N5S/c1-16-10(3-2-4-10)6-12-8-5-9(15-11)14-7-13-8/h5,7H,2-4,6,11H2,1H3,(H2,12,13,14,15). The highest BCUT2D eigenvalue weighted by Gasteiger charge is 2.35. The lowest BCUT2D eigenvalue weighted by Crippen LogP contribution is -2.40. The molecule has 1 aliphatic rings. The van der Waals surface area contributed by atoms with Crippen LogP contribution in [0.5, 0.6) is 0 Å². The molecule has 0 unspecified atom stereocenters. The third kappa shape index (κ3) is 2.38. The van der Waals surface area contributed by atoms with Crippen molar-refractivity contribution in [3.63, 3.8) is 0 Å². The average Bonchev–Trinajstić information content (AvgIpc) is 2.29. The Labute approximate surface area is 99.6 Å². The Balaban J connectivity index is 1.93. The molecule has 4 N–H and O–H groups in total. The third-order valence-electron chi connectivity index (χ3n) is 3.10. The summed E-state index contributed by atoms with van der Waals surface area (Å²) in [5, 5.41) is 3.35. The fourth-order valence-corrected chi connectivity index (χ4v) is 2.72. The lowest BCUT2D eigenvalue weighted by atomic mass is 9.84. The monoisotopic (exact) mass is 239 g/mol. The normalized spacial score (nSPS) is 17.6. The molecule has 16 heavy (non-hydrogen) atoms. The number of nitrogens with zero attached hydrogens (tertiary/aromatic N) is 2. The van der Waals surface area contributed by atoms with Crippen LogP contribution in [0.4, 0.5) is 11.6 Å². The molecule has 0 saturated heterocycles. The number of thioether (sulfide) groups is 1. The molecule has 0 aromatic carbocycles. The van der Waals surface area contributed by atoms with E-state index in [1.165, 1.54) is 25.6 Å². The Bertz CT molecular complexity index is 347. The molecule has 1 fully saturated rings. The molecular formula is C10H17N5S. The van der Waals surface area contributed by atoms with E-state index >= 15 is 0 Å². The number of anilines is 2. The number of hydrazine groups is 1. The summed E-state index contributed by atoms with van der Waals surface area (Å²) in [7, 11) is 0. The summed E-state index contributed by atoms with van der Waals surface area (Å²) < 4.78 is 0.404. The molecule has 88 valence electrons. The maximum Gasteiger partial charge on any atom is 0.145 e. The molecule has 1 aliphatic carbocycles. The van der Waals surface area contributed by atoms with Crippen LogP contribution in [0.2, 0.25) is 0 Å². The number of nitrogens with one attached hydrogen (secondary N) is 2. The number of aromatic nitrogens is 2. The van der Waals surface area contributed by atoms with Crippen molar-refractivity contribution in [2.24, 2.45) is 5.84 Å². The molecule has 5 nitrogen and oxygen atoms in total. The molecule has 1 saturated carbocycles. The van der Waals surface area contributed by atoms with Crippen molar-refractivity contribution >= 4 is 23.4 Å². The van der Waals surface area contributed by atoms with Gasteiger partial charge in [0.15, 0.2) is 0 Å². The fourth-order valence-electron chi connectivity index (χ4n) is 1.81. The highest BCUT2D eigenvalue weighted by atomic mass is 32.2. The zero-order valence-corrected chi connectivity index (χ0v) is 10.2. The molecule has 0 radical (unpaired) electrons. The van der Waals surface area contributed by atoms with E-state index in [9.17, 15) is 0 Å². The molecule has 0 amide bonds. The van der Waals surface area contributed by atoms with Crippen LogP contribution in [0.25, 0.3) is 0 Å². The van der Waals surface area contributed by atoms with E-state index in [0.717, 1.165) is 12.4 Å². The molecule has 1 aromatic heterocycles. The minimum atomic E-state index is 0.404. The van der Waals surface area contributed by atoms with Crippen LogP contribution in [0.3, 0.4) is 0 Å². The number of rotatable bonds is 5. The van der Waals surface area contributed by atoms with Crippen LogP contribution in [-0.2, 0) is 0 Å². The second kappa shape index (κ2) is 4.88. The predicted molar refractivity (Wildman–Crippen MR) is 68.4 cm³/mol. The predicted octanol–water partition coefficient (Wildman–Crippen LogP) is 1.46. The highest BCUT2D eigenvalue weighted by molar-refractivity contribution is 8.00. The zero-order chi connectivity index (χ0) is 11.4. The van der Waals surface area contributed by atoms with Gasteiger partial charge in [0.1, 0.15) is 18.0 Å². The summed E-state index contributed by atoms with van der Waals surface area (Å²) in [4.78, 5) is 8.12. The Morgan fingerprint density at radius 3 is 2.75 bits per heavy atom. The van der Waals surface area contributed by atoms with Gasteiger partial charge in [-0.15, -0.1) is 0 Å². The molecule has 2 rings (SSSR count). The van der Waals surface area contributed by atoms with Gasteiger partial charge in [-0.2, -0.15) is 11.8 Å². The third-order valence-corrected chi connectivity index (χ3v) is 4.52. The first-order valence-electron chi connectivity index (χ1n) is 5.36. The van der Waals surface area contributed by atoms with Gasteiger partial charge < -0.3 is 10.7 Å². The molecule has 6 heteroatoms. The Morgan fingerprint density at radius 1 is 1.44 bits per heavy atom. The van der Waals surface area contributed by atoms with Crippen LogP contribution in [0.15, 0.2) is 12.4 Å². The van der Waals surface area contributed by atoms with E-state index in [-0.39, 0.29) is 0 Å². The maximum absolute atomic E-state index is 5.29. The van der Waals surface area contributed by atoms with E-state index < -0.39 is 0 Å². The second-order valence-electron chi connectivity index (χ2n) is 4.03. The van der Waals surface area contributed by atoms with Gasteiger partial charge in [0.05, 0.1) is 0 Å². The Morgan fingerprint density at radius 2 is 2.19 bits per heavy atom. The summed E-state index contributed by atoms with van der Waals surface area (Å²) in [6.45, 7) is 0.954. The summed E-state index contributed by atoms with van der Waals surface area (Å²) >= 11 is 1.94. The van der Waals surface area contributed by atoms with Gasteiger partial charge in [-0.1, -0.05) is 6.42 Å². The van der Waals surface area contributed by atoms with E-state index in [2.05, 4.69) is 27.0 Å². The van der Waals surface area contributed by atoms with Gasteiger partial charge in [-0.05, 0) is 19.1 Å². The van der Waals surface area contributed by atoms with Crippen molar-refractivity contribution in [1.82, 2.24) is 9.97 Å². The Kier molecular flexibility index (Phi) is 3.50. The van der Waals surface area contributed by atoms with Crippen molar-refractivity contribution in [1.29, 1.82) is 0 Å². The molecule has 1 heterocycles. The Hall–Kier alpha value is -1.01. The maximum atomic E-state index is 5.29. The summed E-state index contributed by atoms with van der Waals surface area (Å²) in [6, 6.07) is 1.81. The number of nitrogens with two attached hydrogens (primary N) is 1. The van der Waals surface area contributed by atoms with Crippen molar-refractivity contribution in [3.8, 4) is 0 Å². The quantitative estimate of drug-likeness (QED) is 0.533. The minimum Gasteiger partial charge on any atom is -0.369 e. The lowest BCUT2D eigenvalue weighted by molar-refractivity contribution is 0.379. The van der Waals surface area contributed by atoms with Crippen LogP contribution in [0, 0.1) is 0 Å². The van der Waals surface area contributed by atoms with Crippen LogP contribution in [-0.4, -0.2) is 27.5 Å². The summed E-state index contributed by atoms with van der Waals surface area (Å²) in [5.74, 6) is 6.74. The van der Waals surface area contributed by atoms with Gasteiger partial charge in [-0.25, -0.2) is 15.8 Å². The number of hydrogen-bond donors (Lipinski definition) is 3. The summed E-state index contributed by atoms with van der Waals surface area (Å²) in [6.07, 6.45) is 7.59. The first-order chi connectivity index (χ1) is 7.78. The zero-order valence-electron chi connectivity index (χ0n) is 9.36. The summed E-state index contributed by atoms with van der Waals surface area (Å²) in [5.41, 5.74) is 2.51. The van der Waals surface area contributed by atoms with Gasteiger partial charge in [0.2, 0.25) is 0 Å². The van der Waals surface area contributed by atoms with Crippen molar-refractivity contribution in [3.05, 3.63) is 12.4 Å². The van der Waals surface area contributed by atoms with Gasteiger partial charge >= 0.3 is 0 Å². The molecule has 0 bridgehead atoms. The van der Waals surface area contributed by atoms with E-state index in [1.807, 2.05) is 17.8 Å². The van der Waals surface area contributed by atoms with Gasteiger partial charge in [0, 0.05) is 17.4 Å². The van der Waals surface area contributed by atoms with E-state index in [4.69, 9.17) is 5.84 Å². The lowest BCUT2D eigenvalue weighted by Gasteiger charge is -2.40. The smallest absolute Gasteiger partial charge is 0.145 e. The molecule has 0 atom stereocenters. The largest absolute Gasteiger partial charge is 0.369 e. The second-order valence-corrected chi connectivity index (χ2v) is 5.30. The SMILES string of the molecule is CSC1(CNc2cc(NN)ncn2)CCC1. The van der Waals surface area contributed by atoms with Gasteiger partial charge in [-0.3, -0.25) is 0 Å². The topological polar surface area (TPSA) is 75.9 Å². The number of nitrogen functional groups attached to an aromatic ring is 1. The van der Waals surface area contributed by atoms with Crippen molar-refractivity contribution in [2.75, 3.05) is 23.5 Å². The van der Waals surface area contributed by atoms with E-state index in [0.29, 0.717) is 10.6 Å². The van der Waals surface area contributed by atoms with Crippen LogP contribution >= 0.6 is 11.8 Å². The highest BCUT2D eigenvalue weighted by Crippen LogP contribution is 2.42. The average molecular weight is 239 g/mol. The van der Waals surface area contributed by atoms with Gasteiger partial charge in [0.25, 0.3) is 0 Å². The first-order valence-corrected chi connectivity index (χ1v) is 6.58. The van der Waals surface area contributed by atoms with E-state index in [1.54, 1.807) is 0 Å². The van der Waals surface area contributed by atoms with Crippen LogP contribution in [0.1, 0.15) is 19.3 Å². The first kappa shape index (κ1) is 11.5. The number of hydrogen-bond acceptors (Lipinski definition) is 6. The molecule has 0 aliphatic heterocycles.